The summed E-state index contributed by atoms with van der Waals surface area (Å²) in [6.07, 6.45) is 1.81. The molecule has 2 aromatic rings. The van der Waals surface area contributed by atoms with Crippen LogP contribution in [0.15, 0.2) is 47.6 Å². The Labute approximate surface area is 242 Å². The Bertz CT molecular complexity index is 1210. The minimum Gasteiger partial charge on any atom is -0.481 e. The van der Waals surface area contributed by atoms with Crippen LogP contribution in [0.25, 0.3) is 0 Å². The molecule has 1 saturated carbocycles. The van der Waals surface area contributed by atoms with Gasteiger partial charge in [0.15, 0.2) is 0 Å². The number of halogens is 1. The fourth-order valence-corrected chi connectivity index (χ4v) is 5.50. The molecular formula is C32H44FN3O5. The lowest BCUT2D eigenvalue weighted by Crippen LogP contribution is -2.53. The van der Waals surface area contributed by atoms with Crippen LogP contribution in [0.5, 0.6) is 0 Å². The van der Waals surface area contributed by atoms with E-state index in [0.717, 1.165) is 16.8 Å². The normalized spacial score (nSPS) is 18.9. The summed E-state index contributed by atoms with van der Waals surface area (Å²) < 4.78 is 14.1. The Hall–Kier alpha value is -3.30. The van der Waals surface area contributed by atoms with Gasteiger partial charge in [0.25, 0.3) is 0 Å². The number of hydrogen-bond acceptors (Lipinski definition) is 6. The van der Waals surface area contributed by atoms with Crippen LogP contribution in [0.4, 0.5) is 4.39 Å². The summed E-state index contributed by atoms with van der Waals surface area (Å²) in [6, 6.07) is 12.3. The smallest absolute Gasteiger partial charge is 0.303 e. The van der Waals surface area contributed by atoms with Gasteiger partial charge in [0, 0.05) is 24.9 Å². The van der Waals surface area contributed by atoms with Crippen molar-refractivity contribution in [2.75, 3.05) is 6.54 Å². The second-order valence-corrected chi connectivity index (χ2v) is 12.3. The maximum absolute atomic E-state index is 14.1. The van der Waals surface area contributed by atoms with Crippen LogP contribution in [0.3, 0.4) is 0 Å². The van der Waals surface area contributed by atoms with Crippen molar-refractivity contribution in [1.29, 1.82) is 0 Å². The topological polar surface area (TPSA) is 131 Å². The largest absolute Gasteiger partial charge is 0.481 e. The highest BCUT2D eigenvalue weighted by Crippen LogP contribution is 2.38. The van der Waals surface area contributed by atoms with Crippen molar-refractivity contribution in [3.8, 4) is 0 Å². The lowest BCUT2D eigenvalue weighted by atomic mass is 9.74. The molecule has 0 spiro atoms. The van der Waals surface area contributed by atoms with Crippen molar-refractivity contribution in [3.63, 3.8) is 0 Å². The number of nitrogens with zero attached hydrogens (tertiary/aromatic N) is 1. The first-order valence-electron chi connectivity index (χ1n) is 14.3. The molecule has 2 atom stereocenters. The molecule has 0 bridgehead atoms. The number of carboxylic acid groups (broad SMARTS) is 1. The highest BCUT2D eigenvalue weighted by Gasteiger charge is 2.37. The standard InChI is InChI=1S/C32H44FN3O5/c1-21-15-22(17-25(33)16-21)18-27(35-29(38)9-6-10-30(39)40)28(37)20-34-32(13-11-26(36-41)12-14-32)24-8-5-7-23(19-24)31(2,3)4/h5,7-8,15-17,19,27-28,34,37,41H,6,9-14,18,20H2,1-4H3,(H,35,38)(H,39,40)/t27?,28-,32?/m1/s1. The molecule has 224 valence electrons. The predicted octanol–water partition coefficient (Wildman–Crippen LogP) is 4.96. The van der Waals surface area contributed by atoms with Crippen LogP contribution in [-0.4, -0.2) is 51.7 Å². The van der Waals surface area contributed by atoms with Crippen molar-refractivity contribution in [2.24, 2.45) is 5.16 Å². The lowest BCUT2D eigenvalue weighted by molar-refractivity contribution is -0.137. The number of aryl methyl sites for hydroxylation is 1. The van der Waals surface area contributed by atoms with Crippen LogP contribution in [0.2, 0.25) is 0 Å². The van der Waals surface area contributed by atoms with Gasteiger partial charge in [0.2, 0.25) is 5.91 Å². The zero-order valence-corrected chi connectivity index (χ0v) is 24.5. The Morgan fingerprint density at radius 3 is 2.41 bits per heavy atom. The van der Waals surface area contributed by atoms with Gasteiger partial charge in [-0.05, 0) is 85.3 Å². The summed E-state index contributed by atoms with van der Waals surface area (Å²) in [5.74, 6) is -1.73. The number of nitrogens with one attached hydrogen (secondary N) is 2. The molecule has 3 rings (SSSR count). The SMILES string of the molecule is Cc1cc(F)cc(CC(NC(=O)CCCC(=O)O)[C@H](O)CNC2(c3cccc(C(C)(C)C)c3)CCC(=NO)CC2)c1. The summed E-state index contributed by atoms with van der Waals surface area (Å²) in [5, 5.41) is 39.6. The third-order valence-corrected chi connectivity index (χ3v) is 7.92. The van der Waals surface area contributed by atoms with Crippen molar-refractivity contribution >= 4 is 17.6 Å². The molecule has 0 aromatic heterocycles. The summed E-state index contributed by atoms with van der Waals surface area (Å²) in [6.45, 7) is 8.41. The summed E-state index contributed by atoms with van der Waals surface area (Å²) in [7, 11) is 0. The Balaban J connectivity index is 1.84. The minimum atomic E-state index is -1.02. The fourth-order valence-electron chi connectivity index (χ4n) is 5.50. The highest BCUT2D eigenvalue weighted by atomic mass is 19.1. The second kappa shape index (κ2) is 14.0. The van der Waals surface area contributed by atoms with Crippen LogP contribution in [-0.2, 0) is 27.0 Å². The Morgan fingerprint density at radius 2 is 1.80 bits per heavy atom. The molecule has 1 aliphatic carbocycles. The number of aliphatic carboxylic acids is 1. The van der Waals surface area contributed by atoms with Gasteiger partial charge >= 0.3 is 5.97 Å². The second-order valence-electron chi connectivity index (χ2n) is 12.3. The molecule has 1 amide bonds. The van der Waals surface area contributed by atoms with E-state index in [1.165, 1.54) is 17.7 Å². The third-order valence-electron chi connectivity index (χ3n) is 7.92. The number of carbonyl (C=O) groups excluding carboxylic acids is 1. The first-order valence-corrected chi connectivity index (χ1v) is 14.3. The number of carboxylic acids is 1. The average Bonchev–Trinajstić information content (AvgIpc) is 2.90. The molecule has 0 radical (unpaired) electrons. The van der Waals surface area contributed by atoms with E-state index in [1.807, 2.05) is 12.1 Å². The summed E-state index contributed by atoms with van der Waals surface area (Å²) in [5.41, 5.74) is 3.86. The van der Waals surface area contributed by atoms with E-state index in [4.69, 9.17) is 5.11 Å². The van der Waals surface area contributed by atoms with Crippen molar-refractivity contribution in [1.82, 2.24) is 10.6 Å². The van der Waals surface area contributed by atoms with E-state index in [2.05, 4.69) is 54.8 Å². The zero-order valence-electron chi connectivity index (χ0n) is 24.5. The first-order chi connectivity index (χ1) is 19.3. The van der Waals surface area contributed by atoms with E-state index in [9.17, 15) is 24.3 Å². The van der Waals surface area contributed by atoms with Crippen molar-refractivity contribution in [3.05, 3.63) is 70.5 Å². The van der Waals surface area contributed by atoms with E-state index < -0.39 is 23.7 Å². The van der Waals surface area contributed by atoms with Gasteiger partial charge in [-0.1, -0.05) is 56.3 Å². The average molecular weight is 570 g/mol. The van der Waals surface area contributed by atoms with E-state index in [0.29, 0.717) is 31.2 Å². The summed E-state index contributed by atoms with van der Waals surface area (Å²) in [4.78, 5) is 23.6. The number of rotatable bonds is 12. The van der Waals surface area contributed by atoms with Gasteiger partial charge in [0.1, 0.15) is 5.82 Å². The molecule has 1 fully saturated rings. The molecule has 5 N–H and O–H groups in total. The molecule has 2 aromatic carbocycles. The van der Waals surface area contributed by atoms with Crippen LogP contribution >= 0.6 is 0 Å². The zero-order chi connectivity index (χ0) is 30.2. The minimum absolute atomic E-state index is 0.0118. The van der Waals surface area contributed by atoms with E-state index >= 15 is 0 Å². The maximum Gasteiger partial charge on any atom is 0.303 e. The number of benzene rings is 2. The van der Waals surface area contributed by atoms with Crippen molar-refractivity contribution in [2.45, 2.75) is 102 Å². The number of aliphatic hydroxyl groups excluding tert-OH is 1. The number of aliphatic hydroxyl groups is 1. The third kappa shape index (κ3) is 9.36. The lowest BCUT2D eigenvalue weighted by Gasteiger charge is -2.41. The van der Waals surface area contributed by atoms with Crippen LogP contribution in [0.1, 0.15) is 88.0 Å². The molecule has 1 unspecified atom stereocenters. The van der Waals surface area contributed by atoms with Gasteiger partial charge in [-0.15, -0.1) is 0 Å². The summed E-state index contributed by atoms with van der Waals surface area (Å²) >= 11 is 0. The molecular weight excluding hydrogens is 525 g/mol. The van der Waals surface area contributed by atoms with Gasteiger partial charge in [-0.3, -0.25) is 9.59 Å². The van der Waals surface area contributed by atoms with Crippen LogP contribution < -0.4 is 10.6 Å². The maximum atomic E-state index is 14.1. The van der Waals surface area contributed by atoms with Gasteiger partial charge in [-0.2, -0.15) is 0 Å². The van der Waals surface area contributed by atoms with Gasteiger partial charge < -0.3 is 26.1 Å². The fraction of sp³-hybridized carbons (Fsp3) is 0.531. The highest BCUT2D eigenvalue weighted by molar-refractivity contribution is 5.85. The molecule has 0 heterocycles. The quantitative estimate of drug-likeness (QED) is 0.181. The molecule has 0 saturated heterocycles. The number of hydrogen-bond donors (Lipinski definition) is 5. The number of oxime groups is 1. The van der Waals surface area contributed by atoms with Gasteiger partial charge in [-0.25, -0.2) is 4.39 Å². The molecule has 9 heteroatoms. The first kappa shape index (κ1) is 32.2. The number of amides is 1. The molecule has 0 aliphatic heterocycles. The molecule has 1 aliphatic rings. The Morgan fingerprint density at radius 1 is 1.10 bits per heavy atom. The van der Waals surface area contributed by atoms with Crippen LogP contribution in [0, 0.1) is 12.7 Å². The van der Waals surface area contributed by atoms with E-state index in [1.54, 1.807) is 6.92 Å². The monoisotopic (exact) mass is 569 g/mol. The Kier molecular flexibility index (Phi) is 11.0. The molecule has 8 nitrogen and oxygen atoms in total. The number of carbonyl (C=O) groups is 2. The molecule has 41 heavy (non-hydrogen) atoms. The van der Waals surface area contributed by atoms with Gasteiger partial charge in [0.05, 0.1) is 17.9 Å². The van der Waals surface area contributed by atoms with E-state index in [-0.39, 0.29) is 49.4 Å². The predicted molar refractivity (Wildman–Crippen MR) is 157 cm³/mol. The van der Waals surface area contributed by atoms with Crippen molar-refractivity contribution < 1.29 is 29.4 Å².